The minimum atomic E-state index is -0.744. The highest BCUT2D eigenvalue weighted by Gasteiger charge is 2.03. The van der Waals surface area contributed by atoms with E-state index in [4.69, 9.17) is 15.2 Å². The summed E-state index contributed by atoms with van der Waals surface area (Å²) in [7, 11) is 0. The molecule has 0 saturated heterocycles. The number of nitrogens with one attached hydrogen (secondary N) is 1. The van der Waals surface area contributed by atoms with Crippen LogP contribution >= 0.6 is 0 Å². The molecule has 2 amide bonds. The molecule has 0 aliphatic carbocycles. The van der Waals surface area contributed by atoms with E-state index in [2.05, 4.69) is 10.5 Å². The number of benzene rings is 1. The van der Waals surface area contributed by atoms with Gasteiger partial charge in [-0.05, 0) is 24.6 Å². The number of nitrogens with two attached hydrogens (primary N) is 1. The molecule has 0 bridgehead atoms. The molecule has 3 N–H and O–H groups in total. The molecule has 7 heteroatoms. The summed E-state index contributed by atoms with van der Waals surface area (Å²) in [6.45, 7) is 1.88. The number of ether oxygens (including phenoxy) is 2. The molecule has 0 heterocycles. The zero-order valence-electron chi connectivity index (χ0n) is 10.5. The molecule has 19 heavy (non-hydrogen) atoms. The van der Waals surface area contributed by atoms with Crippen molar-refractivity contribution in [2.24, 2.45) is 10.8 Å². The van der Waals surface area contributed by atoms with E-state index in [1.165, 1.54) is 6.21 Å². The molecular weight excluding hydrogens is 250 g/mol. The number of hydrogen-bond donors (Lipinski definition) is 2. The first-order valence-corrected chi connectivity index (χ1v) is 5.59. The highest BCUT2D eigenvalue weighted by molar-refractivity contribution is 5.82. The molecule has 102 valence electrons. The Balaban J connectivity index is 2.54. The van der Waals surface area contributed by atoms with Gasteiger partial charge in [0.1, 0.15) is 5.75 Å². The summed E-state index contributed by atoms with van der Waals surface area (Å²) < 4.78 is 9.97. The first kappa shape index (κ1) is 14.5. The van der Waals surface area contributed by atoms with Crippen LogP contribution in [0, 0.1) is 0 Å². The number of hydrazone groups is 1. The Labute approximate surface area is 110 Å². The second-order valence-corrected chi connectivity index (χ2v) is 3.40. The van der Waals surface area contributed by atoms with Crippen LogP contribution in [-0.2, 0) is 9.53 Å². The fraction of sp³-hybridized carbons (Fsp3) is 0.250. The summed E-state index contributed by atoms with van der Waals surface area (Å²) in [6, 6.07) is 6.09. The van der Waals surface area contributed by atoms with Gasteiger partial charge >= 0.3 is 12.0 Å². The molecule has 0 aromatic heterocycles. The van der Waals surface area contributed by atoms with Gasteiger partial charge in [0.25, 0.3) is 0 Å². The Morgan fingerprint density at radius 1 is 1.47 bits per heavy atom. The topological polar surface area (TPSA) is 103 Å². The number of rotatable bonds is 6. The molecule has 0 unspecified atom stereocenters. The molecule has 0 aliphatic heterocycles. The summed E-state index contributed by atoms with van der Waals surface area (Å²) in [4.78, 5) is 21.5. The van der Waals surface area contributed by atoms with Crippen molar-refractivity contribution in [3.8, 4) is 5.75 Å². The molecule has 1 rings (SSSR count). The second-order valence-electron chi connectivity index (χ2n) is 3.40. The maximum absolute atomic E-state index is 11.1. The van der Waals surface area contributed by atoms with Gasteiger partial charge in [0.05, 0.1) is 12.8 Å². The van der Waals surface area contributed by atoms with Crippen LogP contribution in [0.3, 0.4) is 0 Å². The van der Waals surface area contributed by atoms with E-state index in [1.54, 1.807) is 31.2 Å². The summed E-state index contributed by atoms with van der Waals surface area (Å²) >= 11 is 0. The smallest absolute Gasteiger partial charge is 0.344 e. The first-order chi connectivity index (χ1) is 9.11. The van der Waals surface area contributed by atoms with E-state index >= 15 is 0 Å². The van der Waals surface area contributed by atoms with Crippen LogP contribution < -0.4 is 15.9 Å². The van der Waals surface area contributed by atoms with Gasteiger partial charge in [0, 0.05) is 0 Å². The summed E-state index contributed by atoms with van der Waals surface area (Å²) in [6.07, 6.45) is 1.40. The standard InChI is InChI=1S/C12H15N3O4/c1-2-18-11(16)8-19-10-5-3-4-9(6-10)7-14-15-12(13)17/h3-7H,2,8H2,1H3,(H3,13,15,17)/b14-7-. The molecule has 1 aromatic carbocycles. The van der Waals surface area contributed by atoms with Gasteiger partial charge in [-0.1, -0.05) is 12.1 Å². The Morgan fingerprint density at radius 2 is 2.26 bits per heavy atom. The van der Waals surface area contributed by atoms with Gasteiger partial charge in [0.15, 0.2) is 6.61 Å². The fourth-order valence-corrected chi connectivity index (χ4v) is 1.20. The minimum Gasteiger partial charge on any atom is -0.482 e. The van der Waals surface area contributed by atoms with Crippen LogP contribution in [0.2, 0.25) is 0 Å². The summed E-state index contributed by atoms with van der Waals surface area (Å²) in [5, 5.41) is 3.61. The van der Waals surface area contributed by atoms with Crippen LogP contribution in [0.1, 0.15) is 12.5 Å². The molecule has 0 atom stereocenters. The number of carbonyl (C=O) groups excluding carboxylic acids is 2. The van der Waals surface area contributed by atoms with Gasteiger partial charge in [-0.15, -0.1) is 0 Å². The van der Waals surface area contributed by atoms with Crippen LogP contribution in [-0.4, -0.2) is 31.4 Å². The van der Waals surface area contributed by atoms with Gasteiger partial charge in [-0.25, -0.2) is 15.0 Å². The average Bonchev–Trinajstić information content (AvgIpc) is 2.37. The minimum absolute atomic E-state index is 0.159. The molecular formula is C12H15N3O4. The van der Waals surface area contributed by atoms with Gasteiger partial charge in [-0.3, -0.25) is 0 Å². The monoisotopic (exact) mass is 265 g/mol. The van der Waals surface area contributed by atoms with Crippen molar-refractivity contribution in [2.45, 2.75) is 6.92 Å². The first-order valence-electron chi connectivity index (χ1n) is 5.59. The van der Waals surface area contributed by atoms with E-state index in [1.807, 2.05) is 0 Å². The predicted molar refractivity (Wildman–Crippen MR) is 68.9 cm³/mol. The third kappa shape index (κ3) is 6.06. The van der Waals surface area contributed by atoms with Gasteiger partial charge in [0.2, 0.25) is 0 Å². The van der Waals surface area contributed by atoms with E-state index < -0.39 is 12.0 Å². The third-order valence-electron chi connectivity index (χ3n) is 1.91. The molecule has 0 spiro atoms. The van der Waals surface area contributed by atoms with Crippen molar-refractivity contribution in [1.29, 1.82) is 0 Å². The van der Waals surface area contributed by atoms with Crippen molar-refractivity contribution in [1.82, 2.24) is 5.43 Å². The van der Waals surface area contributed by atoms with Crippen LogP contribution in [0.4, 0.5) is 4.79 Å². The van der Waals surface area contributed by atoms with Gasteiger partial charge in [-0.2, -0.15) is 5.10 Å². The molecule has 0 fully saturated rings. The van der Waals surface area contributed by atoms with Crippen molar-refractivity contribution < 1.29 is 19.1 Å². The Kier molecular flexibility index (Phi) is 5.87. The third-order valence-corrected chi connectivity index (χ3v) is 1.91. The molecule has 0 radical (unpaired) electrons. The normalized spacial score (nSPS) is 10.2. The van der Waals surface area contributed by atoms with E-state index in [0.717, 1.165) is 0 Å². The number of primary amides is 1. The number of hydrogen-bond acceptors (Lipinski definition) is 5. The largest absolute Gasteiger partial charge is 0.482 e. The van der Waals surface area contributed by atoms with Crippen LogP contribution in [0.5, 0.6) is 5.75 Å². The number of amides is 2. The highest BCUT2D eigenvalue weighted by atomic mass is 16.6. The Morgan fingerprint density at radius 3 is 2.95 bits per heavy atom. The molecule has 7 nitrogen and oxygen atoms in total. The lowest BCUT2D eigenvalue weighted by Crippen LogP contribution is -2.24. The lowest BCUT2D eigenvalue weighted by molar-refractivity contribution is -0.145. The Hall–Kier alpha value is -2.57. The molecule has 0 aliphatic rings. The van der Waals surface area contributed by atoms with Crippen molar-refractivity contribution >= 4 is 18.2 Å². The summed E-state index contributed by atoms with van der Waals surface area (Å²) in [5.41, 5.74) is 7.62. The fourth-order valence-electron chi connectivity index (χ4n) is 1.20. The van der Waals surface area contributed by atoms with Crippen molar-refractivity contribution in [3.63, 3.8) is 0 Å². The van der Waals surface area contributed by atoms with Crippen molar-refractivity contribution in [3.05, 3.63) is 29.8 Å². The maximum Gasteiger partial charge on any atom is 0.344 e. The SMILES string of the molecule is CCOC(=O)COc1cccc(/C=N\NC(N)=O)c1. The molecule has 1 aromatic rings. The highest BCUT2D eigenvalue weighted by Crippen LogP contribution is 2.11. The van der Waals surface area contributed by atoms with Crippen molar-refractivity contribution in [2.75, 3.05) is 13.2 Å². The predicted octanol–water partition coefficient (Wildman–Crippen LogP) is 0.631. The lowest BCUT2D eigenvalue weighted by Gasteiger charge is -2.06. The average molecular weight is 265 g/mol. The Bertz CT molecular complexity index is 474. The zero-order valence-corrected chi connectivity index (χ0v) is 10.5. The number of carbonyl (C=O) groups is 2. The molecule has 0 saturated carbocycles. The number of nitrogens with zero attached hydrogens (tertiary/aromatic N) is 1. The second kappa shape index (κ2) is 7.70. The van der Waals surface area contributed by atoms with E-state index in [9.17, 15) is 9.59 Å². The van der Waals surface area contributed by atoms with E-state index in [-0.39, 0.29) is 6.61 Å². The van der Waals surface area contributed by atoms with Crippen LogP contribution in [0.25, 0.3) is 0 Å². The number of urea groups is 1. The summed E-state index contributed by atoms with van der Waals surface area (Å²) in [5.74, 6) is 0.0630. The zero-order chi connectivity index (χ0) is 14.1. The quantitative estimate of drug-likeness (QED) is 0.447. The lowest BCUT2D eigenvalue weighted by atomic mass is 10.2. The van der Waals surface area contributed by atoms with Crippen LogP contribution in [0.15, 0.2) is 29.4 Å². The number of esters is 1. The van der Waals surface area contributed by atoms with Gasteiger partial charge < -0.3 is 15.2 Å². The maximum atomic E-state index is 11.1. The van der Waals surface area contributed by atoms with E-state index in [0.29, 0.717) is 17.9 Å².